The quantitative estimate of drug-likeness (QED) is 0.150. The summed E-state index contributed by atoms with van der Waals surface area (Å²) in [5, 5.41) is 4.57. The summed E-state index contributed by atoms with van der Waals surface area (Å²) >= 11 is 0. The molecule has 322 valence electrons. The number of aryl methyl sites for hydroxylation is 4. The number of benzene rings is 9. The van der Waals surface area contributed by atoms with Crippen LogP contribution in [0.5, 0.6) is 0 Å². The van der Waals surface area contributed by atoms with Gasteiger partial charge in [0.15, 0.2) is 5.69 Å². The largest absolute Gasteiger partial charge is 0.308 e. The maximum atomic E-state index is 8.87. The lowest BCUT2D eigenvalue weighted by Crippen LogP contribution is -2.05. The number of fused-ring (bicyclic) bond motifs is 6. The maximum Gasteiger partial charge on any atom is 0.200 e. The Kier molecular flexibility index (Phi) is 9.71. The highest BCUT2D eigenvalue weighted by molar-refractivity contribution is 6.13. The molecule has 0 radical (unpaired) electrons. The van der Waals surface area contributed by atoms with Gasteiger partial charge in [-0.25, -0.2) is 14.8 Å². The van der Waals surface area contributed by atoms with Crippen LogP contribution in [0.3, 0.4) is 0 Å². The van der Waals surface area contributed by atoms with Gasteiger partial charge in [-0.05, 0) is 105 Å². The molecule has 3 aromatic heterocycles. The van der Waals surface area contributed by atoms with Gasteiger partial charge in [0.1, 0.15) is 5.82 Å². The zero-order valence-corrected chi connectivity index (χ0v) is 38.3. The molecule has 0 saturated heterocycles. The molecule has 0 bridgehead atoms. The maximum absolute atomic E-state index is 8.87. The molecule has 9 aromatic carbocycles. The fraction of sp³-hybridized carbons (Fsp3) is 0.0635. The molecule has 0 fully saturated rings. The van der Waals surface area contributed by atoms with Crippen molar-refractivity contribution in [1.82, 2.24) is 19.1 Å². The van der Waals surface area contributed by atoms with E-state index in [-0.39, 0.29) is 0 Å². The van der Waals surface area contributed by atoms with E-state index >= 15 is 0 Å². The van der Waals surface area contributed by atoms with E-state index in [1.807, 2.05) is 42.5 Å². The standard InChI is InChI=1S/C63H45N5/c1-39-28-40(2)31-47(30-39)45-24-26-59-51(34-45)49-20-12-14-22-57(49)67(59)61-36-53(63-65-54(43-16-8-6-9-17-43)37-55(66-63)44-18-10-7-11-19-44)56(64-5)38-62(61)68-58-23-15-13-21-50(58)52-35-46(25-27-60(52)68)48-32-41(3)29-42(4)33-48/h6-38H,1-4H3. The fourth-order valence-corrected chi connectivity index (χ4v) is 10.4. The Morgan fingerprint density at radius 1 is 0.353 bits per heavy atom. The average molecular weight is 872 g/mol. The number of nitrogens with zero attached hydrogens (tertiary/aromatic N) is 5. The lowest BCUT2D eigenvalue weighted by Gasteiger charge is -2.20. The third-order valence-electron chi connectivity index (χ3n) is 13.3. The number of rotatable bonds is 7. The number of para-hydroxylation sites is 2. The van der Waals surface area contributed by atoms with E-state index in [2.05, 4.69) is 199 Å². The van der Waals surface area contributed by atoms with Crippen molar-refractivity contribution in [2.24, 2.45) is 0 Å². The van der Waals surface area contributed by atoms with E-state index in [0.29, 0.717) is 17.1 Å². The van der Waals surface area contributed by atoms with Crippen molar-refractivity contribution in [2.75, 3.05) is 0 Å². The van der Waals surface area contributed by atoms with Crippen molar-refractivity contribution < 1.29 is 0 Å². The van der Waals surface area contributed by atoms with E-state index in [9.17, 15) is 0 Å². The van der Waals surface area contributed by atoms with E-state index < -0.39 is 0 Å². The molecule has 3 heterocycles. The van der Waals surface area contributed by atoms with Crippen LogP contribution in [0.4, 0.5) is 5.69 Å². The van der Waals surface area contributed by atoms with Crippen LogP contribution >= 0.6 is 0 Å². The third-order valence-corrected chi connectivity index (χ3v) is 13.3. The fourth-order valence-electron chi connectivity index (χ4n) is 10.4. The highest BCUT2D eigenvalue weighted by atomic mass is 15.1. The molecule has 5 heteroatoms. The normalized spacial score (nSPS) is 11.5. The molecule has 12 rings (SSSR count). The summed E-state index contributed by atoms with van der Waals surface area (Å²) in [6.07, 6.45) is 0. The summed E-state index contributed by atoms with van der Waals surface area (Å²) in [4.78, 5) is 14.9. The van der Waals surface area contributed by atoms with Crippen LogP contribution in [0.15, 0.2) is 200 Å². The average Bonchev–Trinajstić information content (AvgIpc) is 3.88. The van der Waals surface area contributed by atoms with E-state index in [1.54, 1.807) is 0 Å². The van der Waals surface area contributed by atoms with Crippen LogP contribution in [0.1, 0.15) is 22.3 Å². The van der Waals surface area contributed by atoms with E-state index in [4.69, 9.17) is 16.5 Å². The van der Waals surface area contributed by atoms with Gasteiger partial charge in [0, 0.05) is 38.2 Å². The second-order valence-electron chi connectivity index (χ2n) is 18.1. The zero-order chi connectivity index (χ0) is 46.0. The molecule has 0 aliphatic rings. The van der Waals surface area contributed by atoms with Crippen LogP contribution in [0.25, 0.3) is 116 Å². The van der Waals surface area contributed by atoms with Gasteiger partial charge in [-0.3, -0.25) is 0 Å². The third kappa shape index (κ3) is 6.94. The van der Waals surface area contributed by atoms with E-state index in [0.717, 1.165) is 88.6 Å². The lowest BCUT2D eigenvalue weighted by atomic mass is 9.99. The first-order valence-corrected chi connectivity index (χ1v) is 23.1. The minimum atomic E-state index is 0.462. The van der Waals surface area contributed by atoms with Gasteiger partial charge in [0.2, 0.25) is 0 Å². The van der Waals surface area contributed by atoms with Gasteiger partial charge in [-0.1, -0.05) is 168 Å². The molecule has 5 nitrogen and oxygen atoms in total. The van der Waals surface area contributed by atoms with Crippen LogP contribution < -0.4 is 0 Å². The van der Waals surface area contributed by atoms with Gasteiger partial charge < -0.3 is 9.13 Å². The Hall–Kier alpha value is -8.85. The highest BCUT2D eigenvalue weighted by Crippen LogP contribution is 2.44. The summed E-state index contributed by atoms with van der Waals surface area (Å²) in [6, 6.07) is 71.2. The van der Waals surface area contributed by atoms with E-state index in [1.165, 1.54) is 33.4 Å². The minimum Gasteiger partial charge on any atom is -0.308 e. The Morgan fingerprint density at radius 3 is 1.22 bits per heavy atom. The summed E-state index contributed by atoms with van der Waals surface area (Å²) in [6.45, 7) is 17.5. The Bertz CT molecular complexity index is 3920. The van der Waals surface area contributed by atoms with Gasteiger partial charge in [-0.2, -0.15) is 0 Å². The van der Waals surface area contributed by atoms with Gasteiger partial charge in [-0.15, -0.1) is 0 Å². The zero-order valence-electron chi connectivity index (χ0n) is 38.3. The summed E-state index contributed by atoms with van der Waals surface area (Å²) in [5.74, 6) is 0.488. The summed E-state index contributed by atoms with van der Waals surface area (Å²) in [7, 11) is 0. The molecule has 0 amide bonds. The lowest BCUT2D eigenvalue weighted by molar-refractivity contribution is 1.09. The summed E-state index contributed by atoms with van der Waals surface area (Å²) < 4.78 is 4.73. The molecule has 0 saturated carbocycles. The number of aromatic nitrogens is 4. The van der Waals surface area contributed by atoms with Crippen LogP contribution in [-0.2, 0) is 0 Å². The Balaban J connectivity index is 1.18. The van der Waals surface area contributed by atoms with Crippen molar-refractivity contribution in [2.45, 2.75) is 27.7 Å². The highest BCUT2D eigenvalue weighted by Gasteiger charge is 2.24. The second kappa shape index (κ2) is 16.2. The first kappa shape index (κ1) is 40.6. The van der Waals surface area contributed by atoms with Crippen LogP contribution in [0.2, 0.25) is 0 Å². The SMILES string of the molecule is [C-]#[N+]c1cc(-n2c3ccccc3c3cc(-c4cc(C)cc(C)c4)ccc32)c(-n2c3ccccc3c3cc(-c4cc(C)cc(C)c4)ccc32)cc1-c1nc(-c2ccccc2)cc(-c2ccccc2)n1. The number of hydrogen-bond donors (Lipinski definition) is 0. The molecule has 68 heavy (non-hydrogen) atoms. The minimum absolute atomic E-state index is 0.462. The van der Waals surface area contributed by atoms with Crippen molar-refractivity contribution >= 4 is 49.3 Å². The molecule has 0 N–H and O–H groups in total. The molecular formula is C63H45N5. The number of hydrogen-bond acceptors (Lipinski definition) is 2. The first-order valence-electron chi connectivity index (χ1n) is 23.1. The molecule has 0 spiro atoms. The van der Waals surface area contributed by atoms with Crippen molar-refractivity contribution in [3.05, 3.63) is 234 Å². The van der Waals surface area contributed by atoms with Crippen molar-refractivity contribution in [3.8, 4) is 67.5 Å². The molecule has 0 aliphatic carbocycles. The predicted octanol–water partition coefficient (Wildman–Crippen LogP) is 16.8. The Labute approximate surface area is 395 Å². The predicted molar refractivity (Wildman–Crippen MR) is 283 cm³/mol. The molecule has 12 aromatic rings. The molecular weight excluding hydrogens is 827 g/mol. The first-order chi connectivity index (χ1) is 33.3. The van der Waals surface area contributed by atoms with Crippen LogP contribution in [-0.4, -0.2) is 19.1 Å². The van der Waals surface area contributed by atoms with Gasteiger partial charge in [0.25, 0.3) is 0 Å². The van der Waals surface area contributed by atoms with Crippen molar-refractivity contribution in [3.63, 3.8) is 0 Å². The monoisotopic (exact) mass is 871 g/mol. The van der Waals surface area contributed by atoms with Crippen LogP contribution in [0, 0.1) is 34.3 Å². The van der Waals surface area contributed by atoms with Gasteiger partial charge in [0.05, 0.1) is 51.4 Å². The molecule has 0 unspecified atom stereocenters. The van der Waals surface area contributed by atoms with Crippen molar-refractivity contribution in [1.29, 1.82) is 0 Å². The molecule has 0 aliphatic heterocycles. The topological polar surface area (TPSA) is 40.0 Å². The second-order valence-corrected chi connectivity index (χ2v) is 18.1. The Morgan fingerprint density at radius 2 is 0.765 bits per heavy atom. The summed E-state index contributed by atoms with van der Waals surface area (Å²) in [5.41, 5.74) is 20.3. The van der Waals surface area contributed by atoms with Gasteiger partial charge >= 0.3 is 0 Å². The molecule has 0 atom stereocenters. The smallest absolute Gasteiger partial charge is 0.200 e.